The molecule has 1 amide bonds. The Labute approximate surface area is 217 Å². The molecule has 3 aromatic rings. The van der Waals surface area contributed by atoms with E-state index in [4.69, 9.17) is 9.84 Å². The molecule has 1 atom stereocenters. The van der Waals surface area contributed by atoms with Gasteiger partial charge in [-0.15, -0.1) is 0 Å². The average molecular weight is 531 g/mol. The Morgan fingerprint density at radius 1 is 1.26 bits per heavy atom. The maximum absolute atomic E-state index is 13.4. The predicted octanol–water partition coefficient (Wildman–Crippen LogP) is 4.32. The third-order valence-electron chi connectivity index (χ3n) is 6.86. The standard InChI is InChI=1S/C26H29F3N6O3/c1-2-16-11-17(38-14-26(27,28)29)5-6-18(16)19-12-20-23(24(36)32-19)21(35(34-20)10-8-15-3-4-15)13-31-22-7-9-30-25(37)33-22/h5-7,9,11,15,19H,2-4,8,10,12-14H2,1H3,(H,32,36)(H2,30,31,33,37)/t19-/m1/s1. The first kappa shape index (κ1) is 25.8. The van der Waals surface area contributed by atoms with E-state index in [9.17, 15) is 23.1 Å². The van der Waals surface area contributed by atoms with Crippen LogP contribution in [0.3, 0.4) is 0 Å². The van der Waals surface area contributed by atoms with Crippen LogP contribution in [0.15, 0.2) is 30.5 Å². The number of nitrogens with zero attached hydrogens (tertiary/aromatic N) is 4. The Hall–Kier alpha value is -3.83. The number of aromatic hydroxyl groups is 1. The van der Waals surface area contributed by atoms with Gasteiger partial charge in [0, 0.05) is 19.2 Å². The molecule has 1 aliphatic carbocycles. The zero-order chi connectivity index (χ0) is 26.9. The highest BCUT2D eigenvalue weighted by Crippen LogP contribution is 2.35. The smallest absolute Gasteiger partial charge is 0.422 e. The molecule has 2 aliphatic rings. The third kappa shape index (κ3) is 6.00. The Morgan fingerprint density at radius 2 is 2.08 bits per heavy atom. The number of aryl methyl sites for hydroxylation is 2. The van der Waals surface area contributed by atoms with Gasteiger partial charge in [-0.2, -0.15) is 23.3 Å². The summed E-state index contributed by atoms with van der Waals surface area (Å²) >= 11 is 0. The molecule has 9 nitrogen and oxygen atoms in total. The van der Waals surface area contributed by atoms with Crippen LogP contribution in [0.5, 0.6) is 11.8 Å². The molecule has 12 heteroatoms. The Bertz CT molecular complexity index is 1320. The number of rotatable bonds is 10. The van der Waals surface area contributed by atoms with Crippen molar-refractivity contribution in [2.24, 2.45) is 5.92 Å². The Morgan fingerprint density at radius 3 is 2.79 bits per heavy atom. The summed E-state index contributed by atoms with van der Waals surface area (Å²) in [4.78, 5) is 21.0. The molecule has 2 aromatic heterocycles. The van der Waals surface area contributed by atoms with Crippen LogP contribution in [-0.4, -0.2) is 43.5 Å². The second kappa shape index (κ2) is 10.5. The van der Waals surface area contributed by atoms with Crippen molar-refractivity contribution in [2.75, 3.05) is 11.9 Å². The average Bonchev–Trinajstić information content (AvgIpc) is 3.64. The summed E-state index contributed by atoms with van der Waals surface area (Å²) < 4.78 is 44.5. The summed E-state index contributed by atoms with van der Waals surface area (Å²) in [6.07, 6.45) is 1.43. The van der Waals surface area contributed by atoms with Crippen molar-refractivity contribution < 1.29 is 27.8 Å². The van der Waals surface area contributed by atoms with Gasteiger partial charge < -0.3 is 20.5 Å². The number of benzene rings is 1. The van der Waals surface area contributed by atoms with Gasteiger partial charge in [-0.05, 0) is 48.1 Å². The monoisotopic (exact) mass is 530 g/mol. The van der Waals surface area contributed by atoms with Gasteiger partial charge in [0.2, 0.25) is 0 Å². The molecule has 5 rings (SSSR count). The summed E-state index contributed by atoms with van der Waals surface area (Å²) in [6, 6.07) is 5.73. The van der Waals surface area contributed by atoms with E-state index in [1.807, 2.05) is 11.6 Å². The van der Waals surface area contributed by atoms with Crippen molar-refractivity contribution >= 4 is 11.7 Å². The molecule has 38 heavy (non-hydrogen) atoms. The summed E-state index contributed by atoms with van der Waals surface area (Å²) in [5, 5.41) is 20.6. The summed E-state index contributed by atoms with van der Waals surface area (Å²) in [5.74, 6) is 0.994. The minimum Gasteiger partial charge on any atom is -0.484 e. The van der Waals surface area contributed by atoms with E-state index in [0.29, 0.717) is 42.4 Å². The maximum atomic E-state index is 13.4. The van der Waals surface area contributed by atoms with Crippen LogP contribution in [0.25, 0.3) is 0 Å². The van der Waals surface area contributed by atoms with Gasteiger partial charge in [-0.1, -0.05) is 25.8 Å². The number of carbonyl (C=O) groups is 1. The lowest BCUT2D eigenvalue weighted by Gasteiger charge is -2.26. The van der Waals surface area contributed by atoms with Gasteiger partial charge in [0.05, 0.1) is 29.5 Å². The lowest BCUT2D eigenvalue weighted by molar-refractivity contribution is -0.153. The number of carbonyl (C=O) groups excluding carboxylic acids is 1. The molecule has 0 bridgehead atoms. The van der Waals surface area contributed by atoms with Gasteiger partial charge in [-0.25, -0.2) is 4.98 Å². The maximum Gasteiger partial charge on any atom is 0.422 e. The van der Waals surface area contributed by atoms with Crippen LogP contribution in [0, 0.1) is 5.92 Å². The molecule has 1 saturated carbocycles. The number of amides is 1. The fourth-order valence-corrected chi connectivity index (χ4v) is 4.80. The highest BCUT2D eigenvalue weighted by Gasteiger charge is 2.34. The van der Waals surface area contributed by atoms with E-state index < -0.39 is 12.8 Å². The first-order valence-electron chi connectivity index (χ1n) is 12.7. The minimum atomic E-state index is -4.42. The number of alkyl halides is 3. The molecule has 202 valence electrons. The van der Waals surface area contributed by atoms with Crippen molar-refractivity contribution in [2.45, 2.75) is 64.3 Å². The zero-order valence-electron chi connectivity index (χ0n) is 20.9. The largest absolute Gasteiger partial charge is 0.484 e. The minimum absolute atomic E-state index is 0.138. The molecule has 0 unspecified atom stereocenters. The van der Waals surface area contributed by atoms with E-state index in [1.54, 1.807) is 18.2 Å². The molecule has 3 N–H and O–H groups in total. The molecule has 0 saturated heterocycles. The number of fused-ring (bicyclic) bond motifs is 1. The lowest BCUT2D eigenvalue weighted by Crippen LogP contribution is -2.36. The lowest BCUT2D eigenvalue weighted by atomic mass is 9.91. The molecule has 1 aliphatic heterocycles. The van der Waals surface area contributed by atoms with Gasteiger partial charge in [-0.3, -0.25) is 9.48 Å². The number of nitrogens with one attached hydrogen (secondary N) is 2. The van der Waals surface area contributed by atoms with E-state index in [0.717, 1.165) is 23.2 Å². The van der Waals surface area contributed by atoms with Crippen molar-refractivity contribution in [1.82, 2.24) is 25.1 Å². The molecular weight excluding hydrogens is 501 g/mol. The van der Waals surface area contributed by atoms with Crippen LogP contribution in [0.2, 0.25) is 0 Å². The normalized spacial score (nSPS) is 17.2. The van der Waals surface area contributed by atoms with Crippen LogP contribution < -0.4 is 15.4 Å². The van der Waals surface area contributed by atoms with Crippen molar-refractivity contribution in [1.29, 1.82) is 0 Å². The number of aromatic nitrogens is 4. The van der Waals surface area contributed by atoms with E-state index >= 15 is 0 Å². The molecule has 0 radical (unpaired) electrons. The number of hydrogen-bond acceptors (Lipinski definition) is 7. The number of anilines is 1. The first-order valence-corrected chi connectivity index (χ1v) is 12.7. The fraction of sp³-hybridized carbons (Fsp3) is 0.462. The number of ether oxygens (including phenoxy) is 1. The predicted molar refractivity (Wildman–Crippen MR) is 132 cm³/mol. The highest BCUT2D eigenvalue weighted by atomic mass is 19.4. The zero-order valence-corrected chi connectivity index (χ0v) is 20.9. The SMILES string of the molecule is CCc1cc(OCC(F)(F)F)ccc1[C@H]1Cc2nn(CCC3CC3)c(CNc3ccnc(O)n3)c2C(=O)N1. The van der Waals surface area contributed by atoms with Crippen LogP contribution in [0.1, 0.15) is 65.1 Å². The van der Waals surface area contributed by atoms with Crippen LogP contribution in [0.4, 0.5) is 19.0 Å². The first-order chi connectivity index (χ1) is 18.2. The molecule has 1 aromatic carbocycles. The van der Waals surface area contributed by atoms with Crippen LogP contribution in [-0.2, 0) is 25.9 Å². The molecular formula is C26H29F3N6O3. The number of halogens is 3. The van der Waals surface area contributed by atoms with Crippen molar-refractivity contribution in [3.8, 4) is 11.8 Å². The van der Waals surface area contributed by atoms with Gasteiger partial charge >= 0.3 is 12.2 Å². The van der Waals surface area contributed by atoms with Gasteiger partial charge in [0.15, 0.2) is 6.61 Å². The number of hydrogen-bond donors (Lipinski definition) is 3. The Balaban J connectivity index is 1.39. The van der Waals surface area contributed by atoms with E-state index in [-0.39, 0.29) is 30.3 Å². The molecule has 3 heterocycles. The molecule has 0 spiro atoms. The van der Waals surface area contributed by atoms with Crippen molar-refractivity contribution in [3.05, 3.63) is 58.5 Å². The second-order valence-corrected chi connectivity index (χ2v) is 9.67. The van der Waals surface area contributed by atoms with Crippen molar-refractivity contribution in [3.63, 3.8) is 0 Å². The van der Waals surface area contributed by atoms with Gasteiger partial charge in [0.1, 0.15) is 11.6 Å². The van der Waals surface area contributed by atoms with Gasteiger partial charge in [0.25, 0.3) is 5.91 Å². The fourth-order valence-electron chi connectivity index (χ4n) is 4.80. The van der Waals surface area contributed by atoms with E-state index in [2.05, 4.69) is 20.6 Å². The van der Waals surface area contributed by atoms with Crippen LogP contribution >= 0.6 is 0 Å². The summed E-state index contributed by atoms with van der Waals surface area (Å²) in [6.45, 7) is 1.52. The van der Waals surface area contributed by atoms with E-state index in [1.165, 1.54) is 25.1 Å². The second-order valence-electron chi connectivity index (χ2n) is 9.67. The third-order valence-corrected chi connectivity index (χ3v) is 6.86. The summed E-state index contributed by atoms with van der Waals surface area (Å²) in [5.41, 5.74) is 3.57. The highest BCUT2D eigenvalue weighted by molar-refractivity contribution is 5.98. The Kier molecular flexibility index (Phi) is 7.13. The topological polar surface area (TPSA) is 114 Å². The quantitative estimate of drug-likeness (QED) is 0.358. The molecule has 1 fully saturated rings. The summed E-state index contributed by atoms with van der Waals surface area (Å²) in [7, 11) is 0.